The number of ether oxygens (including phenoxy) is 2. The number of halogens is 1. The van der Waals surface area contributed by atoms with Crippen LogP contribution in [-0.4, -0.2) is 34.6 Å². The first-order valence-corrected chi connectivity index (χ1v) is 11.8. The molecule has 0 radical (unpaired) electrons. The van der Waals surface area contributed by atoms with Gasteiger partial charge in [0.15, 0.2) is 11.6 Å². The van der Waals surface area contributed by atoms with E-state index in [0.29, 0.717) is 34.2 Å². The molecule has 0 bridgehead atoms. The van der Waals surface area contributed by atoms with Crippen molar-refractivity contribution in [3.05, 3.63) is 96.6 Å². The van der Waals surface area contributed by atoms with Gasteiger partial charge < -0.3 is 24.7 Å². The number of aromatic nitrogens is 3. The average Bonchev–Trinajstić information content (AvgIpc) is 3.22. The van der Waals surface area contributed by atoms with Crippen LogP contribution in [0.25, 0.3) is 16.6 Å². The summed E-state index contributed by atoms with van der Waals surface area (Å²) in [6, 6.07) is 11.9. The summed E-state index contributed by atoms with van der Waals surface area (Å²) in [5.74, 6) is 0.752. The van der Waals surface area contributed by atoms with Gasteiger partial charge in [0.2, 0.25) is 5.95 Å². The molecule has 2 heterocycles. The van der Waals surface area contributed by atoms with Crippen LogP contribution < -0.4 is 20.1 Å². The summed E-state index contributed by atoms with van der Waals surface area (Å²) in [6.07, 6.45) is 8.72. The molecule has 0 saturated heterocycles. The van der Waals surface area contributed by atoms with E-state index in [9.17, 15) is 4.79 Å². The lowest BCUT2D eigenvalue weighted by molar-refractivity contribution is 0.0958. The van der Waals surface area contributed by atoms with Crippen molar-refractivity contribution in [2.75, 3.05) is 19.5 Å². The standard InChI is InChI=1S/C29H28FN5O3/c1-6-8-18(9-7-2)19-14-22(30)27(37-5)24(15-19)34-29-33-23-16-20(10-11-26(23)35(29)4)38-21-12-13-32-25(17-21)28(36)31-3/h6-17H,1H2,2-5H3,(H,31,36)(H,33,34)/b9-7-,18-8+. The SMILES string of the molecule is C=C/C=C(\C=C/C)c1cc(F)c(OC)c(Nc2nc3cc(Oc4ccnc(C(=O)NC)c4)ccc3n2C)c1. The number of carbonyl (C=O) groups is 1. The minimum Gasteiger partial charge on any atom is -0.492 e. The van der Waals surface area contributed by atoms with Crippen molar-refractivity contribution in [3.63, 3.8) is 0 Å². The molecule has 1 amide bonds. The summed E-state index contributed by atoms with van der Waals surface area (Å²) in [6.45, 7) is 5.64. The van der Waals surface area contributed by atoms with Crippen molar-refractivity contribution in [3.8, 4) is 17.2 Å². The first-order valence-electron chi connectivity index (χ1n) is 11.8. The van der Waals surface area contributed by atoms with E-state index in [1.807, 2.05) is 42.8 Å². The highest BCUT2D eigenvalue weighted by Crippen LogP contribution is 2.35. The zero-order valence-electron chi connectivity index (χ0n) is 21.6. The van der Waals surface area contributed by atoms with Gasteiger partial charge in [-0.15, -0.1) is 0 Å². The highest BCUT2D eigenvalue weighted by molar-refractivity contribution is 5.92. The number of hydrogen-bond acceptors (Lipinski definition) is 6. The van der Waals surface area contributed by atoms with Gasteiger partial charge in [-0.05, 0) is 48.4 Å². The monoisotopic (exact) mass is 513 g/mol. The zero-order chi connectivity index (χ0) is 27.2. The number of nitrogens with zero attached hydrogens (tertiary/aromatic N) is 3. The minimum atomic E-state index is -0.505. The number of pyridine rings is 1. The molecule has 0 spiro atoms. The Morgan fingerprint density at radius 1 is 1.16 bits per heavy atom. The molecule has 194 valence electrons. The van der Waals surface area contributed by atoms with Crippen LogP contribution in [0.3, 0.4) is 0 Å². The molecule has 0 unspecified atom stereocenters. The van der Waals surface area contributed by atoms with Gasteiger partial charge in [-0.2, -0.15) is 0 Å². The van der Waals surface area contributed by atoms with E-state index in [4.69, 9.17) is 14.5 Å². The Morgan fingerprint density at radius 2 is 1.95 bits per heavy atom. The van der Waals surface area contributed by atoms with Crippen molar-refractivity contribution in [1.29, 1.82) is 0 Å². The van der Waals surface area contributed by atoms with Crippen LogP contribution in [0.2, 0.25) is 0 Å². The van der Waals surface area contributed by atoms with Crippen LogP contribution in [0.1, 0.15) is 23.0 Å². The second-order valence-electron chi connectivity index (χ2n) is 8.22. The molecule has 9 heteroatoms. The number of methoxy groups -OCH3 is 1. The number of hydrogen-bond donors (Lipinski definition) is 2. The number of carbonyl (C=O) groups excluding carboxylic acids is 1. The van der Waals surface area contributed by atoms with Crippen LogP contribution in [0, 0.1) is 5.82 Å². The predicted molar refractivity (Wildman–Crippen MR) is 148 cm³/mol. The lowest BCUT2D eigenvalue weighted by Gasteiger charge is -2.14. The molecule has 8 nitrogen and oxygen atoms in total. The Labute approximate surface area is 220 Å². The first-order chi connectivity index (χ1) is 18.4. The molecule has 4 rings (SSSR count). The maximum atomic E-state index is 15.0. The molecule has 0 aliphatic rings. The van der Waals surface area contributed by atoms with Crippen LogP contribution in [0.5, 0.6) is 17.2 Å². The first kappa shape index (κ1) is 26.2. The minimum absolute atomic E-state index is 0.0767. The van der Waals surface area contributed by atoms with Crippen LogP contribution in [0.4, 0.5) is 16.0 Å². The summed E-state index contributed by atoms with van der Waals surface area (Å²) >= 11 is 0. The van der Waals surface area contributed by atoms with Crippen LogP contribution >= 0.6 is 0 Å². The Balaban J connectivity index is 1.68. The summed E-state index contributed by atoms with van der Waals surface area (Å²) in [5.41, 5.74) is 3.62. The summed E-state index contributed by atoms with van der Waals surface area (Å²) in [4.78, 5) is 20.6. The van der Waals surface area contributed by atoms with Gasteiger partial charge in [0.25, 0.3) is 5.91 Å². The number of imidazole rings is 1. The summed E-state index contributed by atoms with van der Waals surface area (Å²) in [7, 11) is 4.81. The van der Waals surface area contributed by atoms with Crippen LogP contribution in [-0.2, 0) is 7.05 Å². The molecule has 0 atom stereocenters. The predicted octanol–water partition coefficient (Wildman–Crippen LogP) is 6.16. The van der Waals surface area contributed by atoms with Gasteiger partial charge in [-0.1, -0.05) is 30.9 Å². The molecule has 0 aliphatic carbocycles. The van der Waals surface area contributed by atoms with Gasteiger partial charge in [0, 0.05) is 32.4 Å². The van der Waals surface area contributed by atoms with E-state index in [0.717, 1.165) is 11.1 Å². The fourth-order valence-corrected chi connectivity index (χ4v) is 3.95. The largest absolute Gasteiger partial charge is 0.492 e. The highest BCUT2D eigenvalue weighted by atomic mass is 19.1. The average molecular weight is 514 g/mol. The maximum Gasteiger partial charge on any atom is 0.269 e. The molecule has 0 aliphatic heterocycles. The Morgan fingerprint density at radius 3 is 2.66 bits per heavy atom. The summed E-state index contributed by atoms with van der Waals surface area (Å²) in [5, 5.41) is 5.75. The number of rotatable bonds is 9. The van der Waals surface area contributed by atoms with Gasteiger partial charge in [-0.25, -0.2) is 9.37 Å². The fourth-order valence-electron chi connectivity index (χ4n) is 3.95. The molecular weight excluding hydrogens is 485 g/mol. The van der Waals surface area contributed by atoms with Gasteiger partial charge in [0.05, 0.1) is 23.8 Å². The third-order valence-electron chi connectivity index (χ3n) is 5.75. The Hall–Kier alpha value is -4.92. The quantitative estimate of drug-likeness (QED) is 0.261. The van der Waals surface area contributed by atoms with Crippen LogP contribution in [0.15, 0.2) is 79.5 Å². The van der Waals surface area contributed by atoms with Crippen molar-refractivity contribution >= 4 is 34.1 Å². The topological polar surface area (TPSA) is 90.3 Å². The molecule has 0 saturated carbocycles. The number of allylic oxidation sites excluding steroid dienone is 5. The Kier molecular flexibility index (Phi) is 7.86. The number of aryl methyl sites for hydroxylation is 1. The van der Waals surface area contributed by atoms with Gasteiger partial charge in [-0.3, -0.25) is 9.78 Å². The van der Waals surface area contributed by atoms with Gasteiger partial charge in [0.1, 0.15) is 17.2 Å². The third kappa shape index (κ3) is 5.41. The highest BCUT2D eigenvalue weighted by Gasteiger charge is 2.17. The van der Waals surface area contributed by atoms with E-state index < -0.39 is 5.82 Å². The molecule has 2 N–H and O–H groups in total. The van der Waals surface area contributed by atoms with Crippen molar-refractivity contribution < 1.29 is 18.7 Å². The van der Waals surface area contributed by atoms with E-state index in [1.54, 1.807) is 36.4 Å². The number of nitrogens with one attached hydrogen (secondary N) is 2. The lowest BCUT2D eigenvalue weighted by atomic mass is 10.0. The summed E-state index contributed by atoms with van der Waals surface area (Å²) < 4.78 is 28.2. The lowest BCUT2D eigenvalue weighted by Crippen LogP contribution is -2.18. The van der Waals surface area contributed by atoms with Gasteiger partial charge >= 0.3 is 0 Å². The molecule has 0 fully saturated rings. The van der Waals surface area contributed by atoms with Crippen molar-refractivity contribution in [1.82, 2.24) is 19.9 Å². The number of fused-ring (bicyclic) bond motifs is 1. The Bertz CT molecular complexity index is 1570. The fraction of sp³-hybridized carbons (Fsp3) is 0.138. The normalized spacial score (nSPS) is 11.6. The number of anilines is 2. The zero-order valence-corrected chi connectivity index (χ0v) is 21.6. The molecular formula is C29H28FN5O3. The van der Waals surface area contributed by atoms with E-state index >= 15 is 4.39 Å². The second-order valence-corrected chi connectivity index (χ2v) is 8.22. The van der Waals surface area contributed by atoms with E-state index in [1.165, 1.54) is 26.4 Å². The molecule has 38 heavy (non-hydrogen) atoms. The number of benzene rings is 2. The smallest absolute Gasteiger partial charge is 0.269 e. The van der Waals surface area contributed by atoms with Crippen molar-refractivity contribution in [2.24, 2.45) is 7.05 Å². The second kappa shape index (κ2) is 11.4. The molecule has 4 aromatic rings. The molecule has 2 aromatic carbocycles. The number of amides is 1. The maximum absolute atomic E-state index is 15.0. The van der Waals surface area contributed by atoms with Crippen molar-refractivity contribution in [2.45, 2.75) is 6.92 Å². The van der Waals surface area contributed by atoms with E-state index in [2.05, 4.69) is 22.2 Å². The molecule has 2 aromatic heterocycles. The third-order valence-corrected chi connectivity index (χ3v) is 5.75. The van der Waals surface area contributed by atoms with E-state index in [-0.39, 0.29) is 17.4 Å².